The van der Waals surface area contributed by atoms with E-state index < -0.39 is 10.0 Å². The van der Waals surface area contributed by atoms with E-state index >= 15 is 0 Å². The predicted octanol–water partition coefficient (Wildman–Crippen LogP) is -0.614. The van der Waals surface area contributed by atoms with Gasteiger partial charge in [-0.2, -0.15) is 0 Å². The first kappa shape index (κ1) is 15.8. The molecule has 3 nitrogen and oxygen atoms in total. The predicted molar refractivity (Wildman–Crippen MR) is 63.6 cm³/mol. The van der Waals surface area contributed by atoms with E-state index in [1.54, 1.807) is 12.1 Å². The van der Waals surface area contributed by atoms with Gasteiger partial charge in [0.1, 0.15) is 0 Å². The Kier molecular flexibility index (Phi) is 6.32. The van der Waals surface area contributed by atoms with Crippen LogP contribution in [0.5, 0.6) is 0 Å². The Morgan fingerprint density at radius 3 is 2.00 bits per heavy atom. The van der Waals surface area contributed by atoms with Crippen LogP contribution in [0.1, 0.15) is 43.6 Å². The number of primary sulfonamides is 1. The van der Waals surface area contributed by atoms with E-state index in [-0.39, 0.29) is 56.3 Å². The van der Waals surface area contributed by atoms with Crippen molar-refractivity contribution in [3.8, 4) is 0 Å². The summed E-state index contributed by atoms with van der Waals surface area (Å²) in [5.41, 5.74) is 1.24. The van der Waals surface area contributed by atoms with Gasteiger partial charge in [-0.25, -0.2) is 13.6 Å². The smallest absolute Gasteiger partial charge is 0.225 e. The van der Waals surface area contributed by atoms with Crippen LogP contribution in [0, 0.1) is 0 Å². The van der Waals surface area contributed by atoms with Crippen molar-refractivity contribution in [2.24, 2.45) is 5.14 Å². The summed E-state index contributed by atoms with van der Waals surface area (Å²) in [6.07, 6.45) is 6.32. The molecule has 17 heavy (non-hydrogen) atoms. The summed E-state index contributed by atoms with van der Waals surface area (Å²) in [7, 11) is -3.55. The monoisotopic (exact) mass is 278 g/mol. The van der Waals surface area contributed by atoms with E-state index in [9.17, 15) is 8.42 Å². The number of rotatable bonds is 2. The minimum atomic E-state index is -3.55. The van der Waals surface area contributed by atoms with Crippen LogP contribution in [-0.4, -0.2) is 8.42 Å². The quantitative estimate of drug-likeness (QED) is 0.734. The van der Waals surface area contributed by atoms with Crippen molar-refractivity contribution in [1.82, 2.24) is 0 Å². The molecule has 88 valence electrons. The zero-order chi connectivity index (χ0) is 11.6. The maximum atomic E-state index is 11.1. The molecule has 1 aliphatic carbocycles. The standard InChI is InChI=1S/C12H17NO2S.K/c13-16(14,15)12-8-6-11(7-9-12)10-4-2-1-3-5-10;/h6-10H,1-5H2,(H2,13,14,15);/q;+1. The summed E-state index contributed by atoms with van der Waals surface area (Å²) in [5.74, 6) is 0.600. The number of sulfonamides is 1. The molecule has 2 N–H and O–H groups in total. The Bertz CT molecular complexity index is 450. The molecule has 0 aliphatic heterocycles. The molecular formula is C12H17KNO2S+. The number of nitrogens with two attached hydrogens (primary N) is 1. The van der Waals surface area contributed by atoms with Gasteiger partial charge in [0.25, 0.3) is 0 Å². The Labute approximate surface area is 146 Å². The second-order valence-electron chi connectivity index (χ2n) is 4.45. The molecular weight excluding hydrogens is 261 g/mol. The van der Waals surface area contributed by atoms with Crippen molar-refractivity contribution >= 4 is 10.0 Å². The van der Waals surface area contributed by atoms with Gasteiger partial charge in [-0.1, -0.05) is 31.4 Å². The van der Waals surface area contributed by atoms with Crippen molar-refractivity contribution in [2.75, 3.05) is 0 Å². The third-order valence-electron chi connectivity index (χ3n) is 3.29. The van der Waals surface area contributed by atoms with Crippen LogP contribution in [0.2, 0.25) is 0 Å². The fourth-order valence-electron chi connectivity index (χ4n) is 2.37. The average molecular weight is 278 g/mol. The molecule has 1 aliphatic rings. The van der Waals surface area contributed by atoms with E-state index in [0.29, 0.717) is 5.92 Å². The van der Waals surface area contributed by atoms with Gasteiger partial charge in [0.05, 0.1) is 4.90 Å². The van der Waals surface area contributed by atoms with Crippen molar-refractivity contribution in [3.05, 3.63) is 29.8 Å². The molecule has 0 aromatic heterocycles. The fraction of sp³-hybridized carbons (Fsp3) is 0.500. The molecule has 0 amide bonds. The fourth-order valence-corrected chi connectivity index (χ4v) is 2.88. The van der Waals surface area contributed by atoms with Gasteiger partial charge in [-0.15, -0.1) is 0 Å². The molecule has 1 aromatic rings. The Morgan fingerprint density at radius 1 is 1.00 bits per heavy atom. The van der Waals surface area contributed by atoms with E-state index in [0.717, 1.165) is 0 Å². The third kappa shape index (κ3) is 4.42. The molecule has 2 rings (SSSR count). The van der Waals surface area contributed by atoms with E-state index in [2.05, 4.69) is 0 Å². The third-order valence-corrected chi connectivity index (χ3v) is 4.21. The van der Waals surface area contributed by atoms with Crippen LogP contribution in [0.3, 0.4) is 0 Å². The Balaban J connectivity index is 0.00000144. The first-order valence-electron chi connectivity index (χ1n) is 5.70. The second-order valence-corrected chi connectivity index (χ2v) is 6.01. The van der Waals surface area contributed by atoms with E-state index in [1.165, 1.54) is 37.7 Å². The summed E-state index contributed by atoms with van der Waals surface area (Å²) >= 11 is 0. The van der Waals surface area contributed by atoms with Gasteiger partial charge in [0, 0.05) is 0 Å². The summed E-state index contributed by atoms with van der Waals surface area (Å²) in [6, 6.07) is 7.02. The van der Waals surface area contributed by atoms with Gasteiger partial charge in [-0.3, -0.25) is 0 Å². The first-order chi connectivity index (χ1) is 7.57. The largest absolute Gasteiger partial charge is 1.00 e. The minimum Gasteiger partial charge on any atom is -0.225 e. The zero-order valence-electron chi connectivity index (χ0n) is 10.2. The summed E-state index contributed by atoms with van der Waals surface area (Å²) in [5, 5.41) is 5.06. The molecule has 0 spiro atoms. The minimum absolute atomic E-state index is 0. The molecule has 0 unspecified atom stereocenters. The van der Waals surface area contributed by atoms with Crippen molar-refractivity contribution in [2.45, 2.75) is 42.9 Å². The van der Waals surface area contributed by atoms with Crippen molar-refractivity contribution in [3.63, 3.8) is 0 Å². The van der Waals surface area contributed by atoms with Gasteiger partial charge < -0.3 is 0 Å². The van der Waals surface area contributed by atoms with E-state index in [1.807, 2.05) is 12.1 Å². The normalized spacial score (nSPS) is 17.5. The first-order valence-corrected chi connectivity index (χ1v) is 7.25. The topological polar surface area (TPSA) is 60.2 Å². The van der Waals surface area contributed by atoms with Gasteiger partial charge in [-0.05, 0) is 36.5 Å². The van der Waals surface area contributed by atoms with Crippen LogP contribution in [0.4, 0.5) is 0 Å². The molecule has 0 saturated heterocycles. The van der Waals surface area contributed by atoms with Crippen LogP contribution in [0.15, 0.2) is 29.2 Å². The molecule has 0 atom stereocenters. The average Bonchev–Trinajstić information content (AvgIpc) is 2.29. The summed E-state index contributed by atoms with van der Waals surface area (Å²) in [4.78, 5) is 0.201. The number of hydrogen-bond donors (Lipinski definition) is 1. The Morgan fingerprint density at radius 2 is 1.53 bits per heavy atom. The van der Waals surface area contributed by atoms with Gasteiger partial charge in [0.15, 0.2) is 0 Å². The molecule has 1 saturated carbocycles. The van der Waals surface area contributed by atoms with Crippen LogP contribution < -0.4 is 56.5 Å². The Hall–Kier alpha value is 0.766. The number of hydrogen-bond acceptors (Lipinski definition) is 2. The molecule has 5 heteroatoms. The summed E-state index contributed by atoms with van der Waals surface area (Å²) < 4.78 is 22.2. The summed E-state index contributed by atoms with van der Waals surface area (Å²) in [6.45, 7) is 0. The molecule has 1 aromatic carbocycles. The molecule has 0 heterocycles. The maximum absolute atomic E-state index is 11.1. The van der Waals surface area contributed by atoms with Crippen molar-refractivity contribution < 1.29 is 59.8 Å². The molecule has 0 radical (unpaired) electrons. The SMILES string of the molecule is NS(=O)(=O)c1ccc(C2CCCCC2)cc1.[K+]. The molecule has 0 bridgehead atoms. The van der Waals surface area contributed by atoms with Gasteiger partial charge in [0.2, 0.25) is 10.0 Å². The van der Waals surface area contributed by atoms with E-state index in [4.69, 9.17) is 5.14 Å². The van der Waals surface area contributed by atoms with Gasteiger partial charge >= 0.3 is 51.4 Å². The second kappa shape index (κ2) is 6.79. The van der Waals surface area contributed by atoms with Crippen LogP contribution in [-0.2, 0) is 10.0 Å². The van der Waals surface area contributed by atoms with Crippen molar-refractivity contribution in [1.29, 1.82) is 0 Å². The van der Waals surface area contributed by atoms with Crippen LogP contribution in [0.25, 0.3) is 0 Å². The zero-order valence-corrected chi connectivity index (χ0v) is 14.2. The van der Waals surface area contributed by atoms with Crippen LogP contribution >= 0.6 is 0 Å². The maximum Gasteiger partial charge on any atom is 1.00 e. The molecule has 1 fully saturated rings. The number of benzene rings is 1.